The molecule has 0 amide bonds. The first kappa shape index (κ1) is 14.7. The van der Waals surface area contributed by atoms with Crippen LogP contribution in [-0.4, -0.2) is 19.7 Å². The van der Waals surface area contributed by atoms with E-state index in [9.17, 15) is 4.79 Å². The van der Waals surface area contributed by atoms with Crippen molar-refractivity contribution in [1.29, 1.82) is 0 Å². The molecule has 4 aromatic rings. The van der Waals surface area contributed by atoms with Crippen LogP contribution in [0.3, 0.4) is 0 Å². The highest BCUT2D eigenvalue weighted by Crippen LogP contribution is 2.34. The molecule has 0 aliphatic carbocycles. The van der Waals surface area contributed by atoms with Crippen molar-refractivity contribution in [3.05, 3.63) is 45.8 Å². The van der Waals surface area contributed by atoms with Crippen LogP contribution in [0, 0.1) is 13.8 Å². The van der Waals surface area contributed by atoms with Gasteiger partial charge in [-0.1, -0.05) is 12.1 Å². The molecule has 6 heteroatoms. The van der Waals surface area contributed by atoms with Gasteiger partial charge in [-0.15, -0.1) is 0 Å². The first-order chi connectivity index (χ1) is 11.5. The van der Waals surface area contributed by atoms with Crippen molar-refractivity contribution in [2.75, 3.05) is 0 Å². The van der Waals surface area contributed by atoms with Crippen LogP contribution in [0.15, 0.2) is 27.6 Å². The van der Waals surface area contributed by atoms with Gasteiger partial charge in [0.1, 0.15) is 5.76 Å². The van der Waals surface area contributed by atoms with Crippen molar-refractivity contribution in [3.63, 3.8) is 0 Å². The zero-order valence-corrected chi connectivity index (χ0v) is 14.1. The maximum atomic E-state index is 11.9. The predicted octanol–water partition coefficient (Wildman–Crippen LogP) is 3.25. The van der Waals surface area contributed by atoms with Crippen LogP contribution in [0.2, 0.25) is 0 Å². The molecule has 0 spiro atoms. The minimum absolute atomic E-state index is 0.132. The first-order valence-electron chi connectivity index (χ1n) is 7.94. The molecule has 1 N–H and O–H groups in total. The fourth-order valence-electron chi connectivity index (χ4n) is 3.42. The Morgan fingerprint density at radius 1 is 1.29 bits per heavy atom. The second-order valence-corrected chi connectivity index (χ2v) is 6.09. The van der Waals surface area contributed by atoms with Crippen LogP contribution >= 0.6 is 0 Å². The van der Waals surface area contributed by atoms with Gasteiger partial charge in [-0.25, -0.2) is 4.79 Å². The van der Waals surface area contributed by atoms with E-state index in [1.165, 1.54) is 5.56 Å². The topological polar surface area (TPSA) is 76.7 Å². The molecule has 3 heterocycles. The van der Waals surface area contributed by atoms with E-state index in [4.69, 9.17) is 4.52 Å². The van der Waals surface area contributed by atoms with Gasteiger partial charge in [0.15, 0.2) is 0 Å². The number of hydrogen-bond donors (Lipinski definition) is 1. The van der Waals surface area contributed by atoms with E-state index in [0.29, 0.717) is 0 Å². The second kappa shape index (κ2) is 5.06. The molecule has 0 fully saturated rings. The minimum Gasteiger partial charge on any atom is -0.361 e. The van der Waals surface area contributed by atoms with E-state index in [1.807, 2.05) is 13.8 Å². The van der Waals surface area contributed by atoms with Crippen LogP contribution in [0.1, 0.15) is 23.9 Å². The number of aromatic nitrogens is 4. The number of aromatic amines is 1. The van der Waals surface area contributed by atoms with Crippen molar-refractivity contribution in [1.82, 2.24) is 19.7 Å². The third-order valence-electron chi connectivity index (χ3n) is 4.63. The monoisotopic (exact) mass is 322 g/mol. The molecule has 6 nitrogen and oxygen atoms in total. The Bertz CT molecular complexity index is 1130. The standard InChI is InChI=1S/C18H18N4O2/c1-5-11-6-13-14(7-12(11)16-9(2)21-24-10(16)3)19-8-15-17(13)22(4)18(23)20-15/h6-8H,5H2,1-4H3,(H,20,23). The third-order valence-corrected chi connectivity index (χ3v) is 4.63. The van der Waals surface area contributed by atoms with Crippen LogP contribution in [0.5, 0.6) is 0 Å². The average molecular weight is 322 g/mol. The van der Waals surface area contributed by atoms with Crippen molar-refractivity contribution >= 4 is 21.9 Å². The van der Waals surface area contributed by atoms with Gasteiger partial charge in [-0.3, -0.25) is 9.55 Å². The number of rotatable bonds is 2. The summed E-state index contributed by atoms with van der Waals surface area (Å²) in [5.41, 5.74) is 6.52. The highest BCUT2D eigenvalue weighted by atomic mass is 16.5. The lowest BCUT2D eigenvalue weighted by molar-refractivity contribution is 0.393. The number of fused-ring (bicyclic) bond motifs is 3. The lowest BCUT2D eigenvalue weighted by Gasteiger charge is -2.11. The summed E-state index contributed by atoms with van der Waals surface area (Å²) in [5, 5.41) is 5.04. The van der Waals surface area contributed by atoms with Crippen LogP contribution in [0.25, 0.3) is 33.1 Å². The molecular formula is C18H18N4O2. The lowest BCUT2D eigenvalue weighted by atomic mass is 9.94. The summed E-state index contributed by atoms with van der Waals surface area (Å²) in [6.45, 7) is 5.99. The van der Waals surface area contributed by atoms with Crippen molar-refractivity contribution in [3.8, 4) is 11.1 Å². The largest absolute Gasteiger partial charge is 0.361 e. The molecule has 1 aromatic carbocycles. The number of nitrogens with one attached hydrogen (secondary N) is 1. The number of benzene rings is 1. The molecule has 4 rings (SSSR count). The van der Waals surface area contributed by atoms with E-state index in [-0.39, 0.29) is 5.69 Å². The first-order valence-corrected chi connectivity index (χ1v) is 7.94. The van der Waals surface area contributed by atoms with Crippen LogP contribution in [-0.2, 0) is 13.5 Å². The molecule has 122 valence electrons. The smallest absolute Gasteiger partial charge is 0.326 e. The van der Waals surface area contributed by atoms with Gasteiger partial charge in [0.25, 0.3) is 0 Å². The fourth-order valence-corrected chi connectivity index (χ4v) is 3.42. The predicted molar refractivity (Wildman–Crippen MR) is 93.2 cm³/mol. The SMILES string of the molecule is CCc1cc2c(cc1-c1c(C)noc1C)ncc1[nH]c(=O)n(C)c12. The maximum Gasteiger partial charge on any atom is 0.326 e. The third kappa shape index (κ3) is 1.92. The van der Waals surface area contributed by atoms with Gasteiger partial charge >= 0.3 is 5.69 Å². The van der Waals surface area contributed by atoms with Crippen LogP contribution < -0.4 is 5.69 Å². The number of pyridine rings is 1. The van der Waals surface area contributed by atoms with Crippen molar-refractivity contribution < 1.29 is 4.52 Å². The van der Waals surface area contributed by atoms with Crippen molar-refractivity contribution in [2.45, 2.75) is 27.2 Å². The Morgan fingerprint density at radius 2 is 2.08 bits per heavy atom. The number of H-pyrrole nitrogens is 1. The molecule has 0 bridgehead atoms. The summed E-state index contributed by atoms with van der Waals surface area (Å²) in [7, 11) is 1.77. The molecule has 0 saturated heterocycles. The molecule has 0 aliphatic rings. The normalized spacial score (nSPS) is 11.7. The summed E-state index contributed by atoms with van der Waals surface area (Å²) in [6.07, 6.45) is 2.58. The molecule has 0 radical (unpaired) electrons. The Balaban J connectivity index is 2.13. The van der Waals surface area contributed by atoms with Crippen molar-refractivity contribution in [2.24, 2.45) is 7.05 Å². The fraction of sp³-hybridized carbons (Fsp3) is 0.278. The summed E-state index contributed by atoms with van der Waals surface area (Å²) >= 11 is 0. The zero-order chi connectivity index (χ0) is 17.0. The molecular weight excluding hydrogens is 304 g/mol. The van der Waals surface area contributed by atoms with Gasteiger partial charge in [-0.2, -0.15) is 0 Å². The second-order valence-electron chi connectivity index (χ2n) is 6.09. The zero-order valence-electron chi connectivity index (χ0n) is 14.1. The van der Waals surface area contributed by atoms with E-state index in [2.05, 4.69) is 34.2 Å². The maximum absolute atomic E-state index is 11.9. The van der Waals surface area contributed by atoms with Gasteiger partial charge in [0, 0.05) is 18.0 Å². The van der Waals surface area contributed by atoms with Gasteiger partial charge < -0.3 is 9.51 Å². The number of imidazole rings is 1. The van der Waals surface area contributed by atoms with E-state index in [0.717, 1.165) is 50.9 Å². The number of nitrogens with zero attached hydrogens (tertiary/aromatic N) is 3. The quantitative estimate of drug-likeness (QED) is 0.614. The highest BCUT2D eigenvalue weighted by Gasteiger charge is 2.17. The summed E-state index contributed by atoms with van der Waals surface area (Å²) in [6, 6.07) is 4.19. The number of aryl methyl sites for hydroxylation is 4. The van der Waals surface area contributed by atoms with E-state index >= 15 is 0 Å². The van der Waals surface area contributed by atoms with E-state index < -0.39 is 0 Å². The summed E-state index contributed by atoms with van der Waals surface area (Å²) in [5.74, 6) is 0.802. The summed E-state index contributed by atoms with van der Waals surface area (Å²) < 4.78 is 6.97. The molecule has 0 unspecified atom stereocenters. The van der Waals surface area contributed by atoms with Gasteiger partial charge in [0.2, 0.25) is 0 Å². The minimum atomic E-state index is -0.132. The molecule has 0 aliphatic heterocycles. The van der Waals surface area contributed by atoms with Gasteiger partial charge in [-0.05, 0) is 43.5 Å². The Labute approximate surface area is 138 Å². The molecule has 24 heavy (non-hydrogen) atoms. The molecule has 3 aromatic heterocycles. The van der Waals surface area contributed by atoms with Gasteiger partial charge in [0.05, 0.1) is 28.4 Å². The molecule has 0 saturated carbocycles. The Kier molecular flexibility index (Phi) is 3.09. The lowest BCUT2D eigenvalue weighted by Crippen LogP contribution is -2.11. The molecule has 0 atom stereocenters. The van der Waals surface area contributed by atoms with Crippen LogP contribution in [0.4, 0.5) is 0 Å². The average Bonchev–Trinajstić information content (AvgIpc) is 3.05. The highest BCUT2D eigenvalue weighted by molar-refractivity contribution is 6.04. The Morgan fingerprint density at radius 3 is 2.75 bits per heavy atom. The number of hydrogen-bond acceptors (Lipinski definition) is 4. The Hall–Kier alpha value is -2.89. The summed E-state index contributed by atoms with van der Waals surface area (Å²) in [4.78, 5) is 19.3. The van der Waals surface area contributed by atoms with E-state index in [1.54, 1.807) is 17.8 Å².